The van der Waals surface area contributed by atoms with Crippen LogP contribution in [0.25, 0.3) is 50.4 Å². The van der Waals surface area contributed by atoms with E-state index in [0.29, 0.717) is 35.4 Å². The lowest BCUT2D eigenvalue weighted by molar-refractivity contribution is -0.141. The number of hydrogen-bond acceptors (Lipinski definition) is 10. The minimum atomic E-state index is -1.64. The van der Waals surface area contributed by atoms with Gasteiger partial charge in [0.25, 0.3) is 0 Å². The SMILES string of the molecule is C=Cc1c(C)c2cc3nc(cc4nc(cc5[nH]c(cc1[nH]2)c(C)c5[C@@]1(C)N=N[C@](O)(P)[C@H]1N)C(C)=C4CCC(=O)OC)C(CCC(=O)OC)=C3C. The van der Waals surface area contributed by atoms with Crippen molar-refractivity contribution in [3.8, 4) is 0 Å². The van der Waals surface area contributed by atoms with Gasteiger partial charge in [-0.1, -0.05) is 21.9 Å². The molecule has 3 aliphatic heterocycles. The average Bonchev–Trinajstić information content (AvgIpc) is 3.81. The first kappa shape index (κ1) is 36.0. The van der Waals surface area contributed by atoms with Crippen LogP contribution in [0.5, 0.6) is 0 Å². The number of hydrogen-bond donors (Lipinski definition) is 4. The number of aryl methyl sites for hydroxylation is 2. The van der Waals surface area contributed by atoms with Gasteiger partial charge < -0.3 is 30.3 Å². The number of allylic oxidation sites excluding steroid dienone is 4. The summed E-state index contributed by atoms with van der Waals surface area (Å²) < 4.78 is 9.94. The Morgan fingerprint density at radius 3 is 1.84 bits per heavy atom. The molecule has 266 valence electrons. The first-order valence-electron chi connectivity index (χ1n) is 16.8. The summed E-state index contributed by atoms with van der Waals surface area (Å²) in [5, 5.41) is 19.7. The van der Waals surface area contributed by atoms with Gasteiger partial charge in [-0.25, -0.2) is 9.97 Å². The van der Waals surface area contributed by atoms with Crippen molar-refractivity contribution in [2.24, 2.45) is 16.0 Å². The highest BCUT2D eigenvalue weighted by Gasteiger charge is 2.52. The van der Waals surface area contributed by atoms with Gasteiger partial charge in [-0.3, -0.25) is 9.59 Å². The van der Waals surface area contributed by atoms with Crippen molar-refractivity contribution in [1.82, 2.24) is 19.9 Å². The molecule has 51 heavy (non-hydrogen) atoms. The lowest BCUT2D eigenvalue weighted by Gasteiger charge is -2.30. The zero-order valence-corrected chi connectivity index (χ0v) is 31.2. The minimum Gasteiger partial charge on any atom is -0.469 e. The molecular formula is C38H44N7O5P. The maximum atomic E-state index is 12.3. The minimum absolute atomic E-state index is 0.164. The van der Waals surface area contributed by atoms with Crippen molar-refractivity contribution in [3.63, 3.8) is 0 Å². The van der Waals surface area contributed by atoms with Gasteiger partial charge in [-0.2, -0.15) is 10.2 Å². The highest BCUT2D eigenvalue weighted by Crippen LogP contribution is 2.47. The molecule has 0 radical (unpaired) electrons. The Labute approximate surface area is 298 Å². The Morgan fingerprint density at radius 2 is 1.35 bits per heavy atom. The smallest absolute Gasteiger partial charge is 0.305 e. The Bertz CT molecular complexity index is 2260. The van der Waals surface area contributed by atoms with Crippen LogP contribution in [0.3, 0.4) is 0 Å². The number of carbonyl (C=O) groups is 2. The predicted octanol–water partition coefficient (Wildman–Crippen LogP) is 6.87. The highest BCUT2D eigenvalue weighted by atomic mass is 31.0. The Balaban J connectivity index is 1.74. The number of aromatic nitrogens is 4. The first-order chi connectivity index (χ1) is 24.1. The molecule has 3 aromatic rings. The molecule has 6 heterocycles. The number of nitrogens with two attached hydrogens (primary N) is 1. The molecule has 0 amide bonds. The molecule has 6 rings (SSSR count). The van der Waals surface area contributed by atoms with E-state index in [0.717, 1.165) is 66.8 Å². The molecule has 3 aliphatic rings. The van der Waals surface area contributed by atoms with Crippen LogP contribution in [0.15, 0.2) is 41.1 Å². The van der Waals surface area contributed by atoms with E-state index in [2.05, 4.69) is 36.0 Å². The van der Waals surface area contributed by atoms with Crippen molar-refractivity contribution in [1.29, 1.82) is 0 Å². The van der Waals surface area contributed by atoms with E-state index in [9.17, 15) is 14.7 Å². The van der Waals surface area contributed by atoms with Crippen LogP contribution < -0.4 is 5.73 Å². The number of methoxy groups -OCH3 is 2. The van der Waals surface area contributed by atoms with Crippen LogP contribution in [0.1, 0.15) is 91.5 Å². The van der Waals surface area contributed by atoms with Crippen LogP contribution in [0, 0.1) is 13.8 Å². The number of nitrogens with one attached hydrogen (secondary N) is 2. The summed E-state index contributed by atoms with van der Waals surface area (Å²) in [6.45, 7) is 14.0. The number of aliphatic hydroxyl groups is 1. The molecule has 3 aromatic heterocycles. The summed E-state index contributed by atoms with van der Waals surface area (Å²) in [6.07, 6.45) is 2.99. The number of azo groups is 1. The zero-order chi connectivity index (χ0) is 37.0. The second-order valence-corrected chi connectivity index (χ2v) is 14.3. The van der Waals surface area contributed by atoms with E-state index < -0.39 is 17.0 Å². The number of ether oxygens (including phenoxy) is 2. The Kier molecular flexibility index (Phi) is 9.48. The second-order valence-electron chi connectivity index (χ2n) is 13.5. The fourth-order valence-corrected chi connectivity index (χ4v) is 7.64. The molecule has 12 nitrogen and oxygen atoms in total. The number of aromatic amines is 2. The zero-order valence-electron chi connectivity index (χ0n) is 30.0. The third-order valence-electron chi connectivity index (χ3n) is 10.4. The number of nitrogens with zero attached hydrogens (tertiary/aromatic N) is 4. The molecule has 0 fully saturated rings. The molecule has 0 spiro atoms. The van der Waals surface area contributed by atoms with Gasteiger partial charge in [0.2, 0.25) is 5.47 Å². The van der Waals surface area contributed by atoms with Gasteiger partial charge in [0.15, 0.2) is 0 Å². The number of H-pyrrole nitrogens is 2. The largest absolute Gasteiger partial charge is 0.469 e. The Morgan fingerprint density at radius 1 is 0.843 bits per heavy atom. The van der Waals surface area contributed by atoms with Crippen LogP contribution in [-0.2, 0) is 24.6 Å². The van der Waals surface area contributed by atoms with Crippen molar-refractivity contribution >= 4 is 71.6 Å². The van der Waals surface area contributed by atoms with Gasteiger partial charge >= 0.3 is 11.9 Å². The molecule has 0 aliphatic carbocycles. The van der Waals surface area contributed by atoms with Gasteiger partial charge in [0.05, 0.1) is 43.0 Å². The number of carbonyl (C=O) groups excluding carboxylic acids is 2. The molecule has 0 saturated carbocycles. The Hall–Kier alpha value is -4.77. The summed E-state index contributed by atoms with van der Waals surface area (Å²) in [5.74, 6) is -0.644. The lowest BCUT2D eigenvalue weighted by atomic mass is 9.83. The van der Waals surface area contributed by atoms with E-state index in [4.69, 9.17) is 25.2 Å². The van der Waals surface area contributed by atoms with Gasteiger partial charge in [0.1, 0.15) is 5.54 Å². The summed E-state index contributed by atoms with van der Waals surface area (Å²) in [6, 6.07) is 7.06. The fraction of sp³-hybridized carbons (Fsp3) is 0.368. The average molecular weight is 710 g/mol. The maximum absolute atomic E-state index is 12.3. The number of esters is 2. The highest BCUT2D eigenvalue weighted by molar-refractivity contribution is 7.18. The van der Waals surface area contributed by atoms with E-state index in [1.165, 1.54) is 14.2 Å². The topological polar surface area (TPSA) is 181 Å². The van der Waals surface area contributed by atoms with Crippen molar-refractivity contribution in [2.75, 3.05) is 14.2 Å². The van der Waals surface area contributed by atoms with E-state index in [-0.39, 0.29) is 24.8 Å². The molecule has 4 atom stereocenters. The van der Waals surface area contributed by atoms with Gasteiger partial charge in [-0.05, 0) is 105 Å². The van der Waals surface area contributed by atoms with Crippen molar-refractivity contribution in [2.45, 2.75) is 77.3 Å². The van der Waals surface area contributed by atoms with E-state index in [1.807, 2.05) is 65.0 Å². The lowest BCUT2D eigenvalue weighted by Crippen LogP contribution is -2.50. The van der Waals surface area contributed by atoms with Gasteiger partial charge in [-0.15, -0.1) is 0 Å². The maximum Gasteiger partial charge on any atom is 0.305 e. The number of rotatable bonds is 8. The number of fused-ring (bicyclic) bond motifs is 8. The molecule has 1 unspecified atom stereocenters. The van der Waals surface area contributed by atoms with Crippen molar-refractivity contribution < 1.29 is 24.2 Å². The summed E-state index contributed by atoms with van der Waals surface area (Å²) in [4.78, 5) is 42.0. The van der Waals surface area contributed by atoms with Gasteiger partial charge in [0, 0.05) is 46.0 Å². The third kappa shape index (κ3) is 6.26. The predicted molar refractivity (Wildman–Crippen MR) is 203 cm³/mol. The van der Waals surface area contributed by atoms with E-state index in [1.54, 1.807) is 0 Å². The summed E-state index contributed by atoms with van der Waals surface area (Å²) in [7, 11) is 5.06. The standard InChI is InChI=1S/C38H44N7O5P/c1-9-22-18(2)25-14-26-19(3)23(10-12-33(46)49-7)30(41-26)17-31-24(11-13-34(47)50-8)20(4)27(42-31)16-32-35(21(5)28(43-32)15-29(22)40-25)37(6)36(39)38(48,51)45-44-37/h9,14-17,36,40,43,48H,1,10-13,39,51H2,2-8H3/t36-,37+,38+/m0/s1. The van der Waals surface area contributed by atoms with Crippen LogP contribution in [-0.4, -0.2) is 62.7 Å². The molecule has 13 heteroatoms. The molecule has 0 aromatic carbocycles. The summed E-state index contributed by atoms with van der Waals surface area (Å²) >= 11 is 0. The van der Waals surface area contributed by atoms with Crippen LogP contribution in [0.4, 0.5) is 0 Å². The molecule has 5 N–H and O–H groups in total. The van der Waals surface area contributed by atoms with Crippen LogP contribution >= 0.6 is 9.24 Å². The quantitative estimate of drug-likeness (QED) is 0.144. The van der Waals surface area contributed by atoms with E-state index >= 15 is 0 Å². The fourth-order valence-electron chi connectivity index (χ4n) is 7.26. The first-order valence-corrected chi connectivity index (χ1v) is 17.3. The van der Waals surface area contributed by atoms with Crippen molar-refractivity contribution in [3.05, 3.63) is 75.9 Å². The molecule has 0 saturated heterocycles. The normalized spacial score (nSPS) is 21.4. The monoisotopic (exact) mass is 709 g/mol. The molecule has 8 bridgehead atoms. The van der Waals surface area contributed by atoms with Crippen LogP contribution in [0.2, 0.25) is 0 Å². The summed E-state index contributed by atoms with van der Waals surface area (Å²) in [5.41, 5.74) is 17.1. The molecular weight excluding hydrogens is 665 g/mol. The third-order valence-corrected chi connectivity index (χ3v) is 10.9. The second kappa shape index (κ2) is 13.4.